The first-order chi connectivity index (χ1) is 16.0. The monoisotopic (exact) mass is 491 g/mol. The maximum atomic E-state index is 13.2. The predicted octanol–water partition coefficient (Wildman–Crippen LogP) is 6.27. The number of H-pyrrole nitrogens is 1. The van der Waals surface area contributed by atoms with Crippen LogP contribution in [0.2, 0.25) is 0 Å². The maximum Gasteiger partial charge on any atom is 0.416 e. The number of halogens is 3. The largest absolute Gasteiger partial charge is 0.416 e. The van der Waals surface area contributed by atoms with E-state index >= 15 is 0 Å². The molecule has 1 unspecified atom stereocenters. The first-order valence-corrected chi connectivity index (χ1v) is 12.5. The van der Waals surface area contributed by atoms with E-state index in [-0.39, 0.29) is 22.3 Å². The minimum Gasteiger partial charge on any atom is -0.343 e. The molecule has 1 atom stereocenters. The van der Waals surface area contributed by atoms with Crippen LogP contribution in [0.25, 0.3) is 0 Å². The molecule has 1 aromatic carbocycles. The van der Waals surface area contributed by atoms with Crippen molar-refractivity contribution < 1.29 is 18.0 Å². The van der Waals surface area contributed by atoms with Crippen LogP contribution in [-0.2, 0) is 11.0 Å². The number of fused-ring (bicyclic) bond motifs is 1. The quantitative estimate of drug-likeness (QED) is 0.283. The van der Waals surface area contributed by atoms with Crippen molar-refractivity contribution in [2.24, 2.45) is 5.41 Å². The molecule has 1 aromatic heterocycles. The number of aromatic amines is 1. The van der Waals surface area contributed by atoms with E-state index in [1.165, 1.54) is 23.9 Å². The van der Waals surface area contributed by atoms with E-state index < -0.39 is 17.7 Å². The van der Waals surface area contributed by atoms with Crippen molar-refractivity contribution in [2.45, 2.75) is 70.1 Å². The SMILES string of the molecule is CCCCCSc1nc2c(c(=O)[nH]1)C(c1ccc(C(F)(F)F)cc1)C1=C(CC(C)(C)CC1=O)N2. The average molecular weight is 492 g/mol. The highest BCUT2D eigenvalue weighted by molar-refractivity contribution is 7.99. The van der Waals surface area contributed by atoms with Gasteiger partial charge in [0.05, 0.1) is 11.1 Å². The first kappa shape index (κ1) is 24.6. The van der Waals surface area contributed by atoms with E-state index in [9.17, 15) is 22.8 Å². The third-order valence-corrected chi connectivity index (χ3v) is 7.22. The number of nitrogens with one attached hydrogen (secondary N) is 2. The number of ketones is 1. The van der Waals surface area contributed by atoms with Gasteiger partial charge in [0.2, 0.25) is 0 Å². The van der Waals surface area contributed by atoms with Gasteiger partial charge in [0.1, 0.15) is 5.82 Å². The van der Waals surface area contributed by atoms with Crippen molar-refractivity contribution in [3.63, 3.8) is 0 Å². The lowest BCUT2D eigenvalue weighted by atomic mass is 9.69. The second kappa shape index (κ2) is 9.24. The Morgan fingerprint density at radius 1 is 1.12 bits per heavy atom. The number of anilines is 1. The highest BCUT2D eigenvalue weighted by Gasteiger charge is 2.42. The number of Topliss-reactive ketones (excluding diaryl/α,β-unsaturated/α-hetero) is 1. The van der Waals surface area contributed by atoms with E-state index in [1.54, 1.807) is 0 Å². The maximum absolute atomic E-state index is 13.2. The smallest absolute Gasteiger partial charge is 0.343 e. The second-order valence-electron chi connectivity index (χ2n) is 9.70. The summed E-state index contributed by atoms with van der Waals surface area (Å²) in [6, 6.07) is 4.70. The summed E-state index contributed by atoms with van der Waals surface area (Å²) in [5, 5.41) is 3.73. The van der Waals surface area contributed by atoms with Crippen LogP contribution in [0, 0.1) is 5.41 Å². The van der Waals surface area contributed by atoms with E-state index in [4.69, 9.17) is 0 Å². The molecule has 34 heavy (non-hydrogen) atoms. The Bertz CT molecular complexity index is 1180. The molecule has 2 heterocycles. The molecule has 1 aliphatic heterocycles. The lowest BCUT2D eigenvalue weighted by molar-refractivity contribution is -0.137. The fourth-order valence-electron chi connectivity index (χ4n) is 4.68. The van der Waals surface area contributed by atoms with Gasteiger partial charge >= 0.3 is 6.18 Å². The zero-order chi connectivity index (χ0) is 24.7. The second-order valence-corrected chi connectivity index (χ2v) is 10.8. The standard InChI is InChI=1S/C25H28F3N3O2S/c1-4-5-6-11-34-23-30-21-20(22(33)31-23)18(14-7-9-15(10-8-14)25(26,27)28)19-16(29-21)12-24(2,3)13-17(19)32/h7-10,18H,4-6,11-13H2,1-3H3,(H2,29,30,31,33). The molecule has 5 nitrogen and oxygen atoms in total. The van der Waals surface area contributed by atoms with E-state index in [2.05, 4.69) is 22.2 Å². The van der Waals surface area contributed by atoms with Crippen LogP contribution in [0.5, 0.6) is 0 Å². The molecule has 9 heteroatoms. The summed E-state index contributed by atoms with van der Waals surface area (Å²) in [4.78, 5) is 33.9. The van der Waals surface area contributed by atoms with Gasteiger partial charge in [-0.1, -0.05) is 57.5 Å². The first-order valence-electron chi connectivity index (χ1n) is 11.5. The molecule has 2 aliphatic rings. The summed E-state index contributed by atoms with van der Waals surface area (Å²) in [5.74, 6) is 0.312. The van der Waals surface area contributed by atoms with Gasteiger partial charge in [-0.15, -0.1) is 0 Å². The highest BCUT2D eigenvalue weighted by Crippen LogP contribution is 2.48. The number of hydrogen-bond acceptors (Lipinski definition) is 5. The third kappa shape index (κ3) is 4.94. The van der Waals surface area contributed by atoms with E-state index in [0.29, 0.717) is 40.6 Å². The van der Waals surface area contributed by atoms with Gasteiger partial charge in [0.25, 0.3) is 5.56 Å². The Morgan fingerprint density at radius 3 is 2.47 bits per heavy atom. The molecule has 0 spiro atoms. The Hall–Kier alpha value is -2.55. The number of nitrogens with zero attached hydrogens (tertiary/aromatic N) is 1. The van der Waals surface area contributed by atoms with Crippen LogP contribution in [0.4, 0.5) is 19.0 Å². The molecule has 0 radical (unpaired) electrons. The number of carbonyl (C=O) groups is 1. The number of rotatable bonds is 6. The Balaban J connectivity index is 1.81. The van der Waals surface area contributed by atoms with Crippen molar-refractivity contribution in [2.75, 3.05) is 11.1 Å². The zero-order valence-electron chi connectivity index (χ0n) is 19.4. The number of carbonyl (C=O) groups excluding carboxylic acids is 1. The molecule has 4 rings (SSSR count). The summed E-state index contributed by atoms with van der Waals surface area (Å²) in [6.07, 6.45) is -0.408. The lowest BCUT2D eigenvalue weighted by Crippen LogP contribution is -2.37. The van der Waals surface area contributed by atoms with Crippen LogP contribution in [0.15, 0.2) is 45.5 Å². The normalized spacial score (nSPS) is 19.5. The molecule has 0 saturated carbocycles. The Morgan fingerprint density at radius 2 is 1.82 bits per heavy atom. The van der Waals surface area contributed by atoms with Crippen molar-refractivity contribution in [3.8, 4) is 0 Å². The molecule has 2 aromatic rings. The third-order valence-electron chi connectivity index (χ3n) is 6.26. The van der Waals surface area contributed by atoms with Crippen LogP contribution < -0.4 is 10.9 Å². The van der Waals surface area contributed by atoms with E-state index in [1.807, 2.05) is 13.8 Å². The molecule has 0 fully saturated rings. The van der Waals surface area contributed by atoms with Gasteiger partial charge in [0, 0.05) is 29.4 Å². The van der Waals surface area contributed by atoms with Gasteiger partial charge in [-0.05, 0) is 36.0 Å². The van der Waals surface area contributed by atoms with E-state index in [0.717, 1.165) is 37.1 Å². The Kier molecular flexibility index (Phi) is 6.68. The number of unbranched alkanes of at least 4 members (excludes halogenated alkanes) is 2. The number of hydrogen-bond donors (Lipinski definition) is 2. The summed E-state index contributed by atoms with van der Waals surface area (Å²) >= 11 is 1.46. The van der Waals surface area contributed by atoms with Gasteiger partial charge in [-0.2, -0.15) is 13.2 Å². The van der Waals surface area contributed by atoms with Gasteiger partial charge in [-0.25, -0.2) is 4.98 Å². The van der Waals surface area contributed by atoms with Crippen molar-refractivity contribution >= 4 is 23.4 Å². The average Bonchev–Trinajstić information content (AvgIpc) is 2.74. The van der Waals surface area contributed by atoms with Crippen LogP contribution in [-0.4, -0.2) is 21.5 Å². The fourth-order valence-corrected chi connectivity index (χ4v) is 5.54. The minimum absolute atomic E-state index is 0.105. The molecular formula is C25H28F3N3O2S. The van der Waals surface area contributed by atoms with Crippen LogP contribution >= 0.6 is 11.8 Å². The van der Waals surface area contributed by atoms with Gasteiger partial charge < -0.3 is 10.3 Å². The van der Waals surface area contributed by atoms with Gasteiger partial charge in [0.15, 0.2) is 10.9 Å². The van der Waals surface area contributed by atoms with Crippen molar-refractivity contribution in [1.29, 1.82) is 0 Å². The molecule has 0 bridgehead atoms. The van der Waals surface area contributed by atoms with Crippen molar-refractivity contribution in [1.82, 2.24) is 9.97 Å². The van der Waals surface area contributed by atoms with Gasteiger partial charge in [-0.3, -0.25) is 9.59 Å². The molecule has 2 N–H and O–H groups in total. The predicted molar refractivity (Wildman–Crippen MR) is 127 cm³/mol. The van der Waals surface area contributed by atoms with Crippen molar-refractivity contribution in [3.05, 3.63) is 62.6 Å². The Labute approximate surface area is 200 Å². The van der Waals surface area contributed by atoms with Crippen LogP contribution in [0.3, 0.4) is 0 Å². The number of aromatic nitrogens is 2. The number of thioether (sulfide) groups is 1. The lowest BCUT2D eigenvalue weighted by Gasteiger charge is -2.38. The summed E-state index contributed by atoms with van der Waals surface area (Å²) in [6.45, 7) is 6.12. The molecule has 182 valence electrons. The topological polar surface area (TPSA) is 74.8 Å². The molecule has 0 amide bonds. The zero-order valence-corrected chi connectivity index (χ0v) is 20.3. The summed E-state index contributed by atoms with van der Waals surface area (Å²) < 4.78 is 39.4. The summed E-state index contributed by atoms with van der Waals surface area (Å²) in [5.41, 5.74) is 0.438. The number of allylic oxidation sites excluding steroid dienone is 2. The van der Waals surface area contributed by atoms with Crippen LogP contribution in [0.1, 0.15) is 75.5 Å². The summed E-state index contributed by atoms with van der Waals surface area (Å²) in [7, 11) is 0. The molecule has 0 saturated heterocycles. The number of alkyl halides is 3. The highest BCUT2D eigenvalue weighted by atomic mass is 32.2. The molecular weight excluding hydrogens is 463 g/mol. The molecule has 1 aliphatic carbocycles. The minimum atomic E-state index is -4.47. The number of benzene rings is 1. The fraction of sp³-hybridized carbons (Fsp3) is 0.480.